The lowest BCUT2D eigenvalue weighted by Gasteiger charge is -2.26. The molecule has 1 heterocycles. The number of esters is 1. The molecule has 2 amide bonds. The molecule has 0 radical (unpaired) electrons. The fraction of sp³-hybridized carbons (Fsp3) is 0.786. The van der Waals surface area contributed by atoms with Gasteiger partial charge in [-0.25, -0.2) is 0 Å². The highest BCUT2D eigenvalue weighted by molar-refractivity contribution is 5.88. The van der Waals surface area contributed by atoms with E-state index >= 15 is 0 Å². The van der Waals surface area contributed by atoms with Gasteiger partial charge in [0.1, 0.15) is 11.6 Å². The van der Waals surface area contributed by atoms with Crippen LogP contribution in [0.5, 0.6) is 0 Å². The highest BCUT2D eigenvalue weighted by atomic mass is 16.6. The number of carbonyl (C=O) groups is 3. The van der Waals surface area contributed by atoms with E-state index in [1.165, 1.54) is 7.05 Å². The number of ether oxygens (including phenoxy) is 1. The third-order valence-corrected chi connectivity index (χ3v) is 3.08. The van der Waals surface area contributed by atoms with Crippen LogP contribution in [-0.4, -0.2) is 47.9 Å². The maximum absolute atomic E-state index is 11.9. The predicted octanol–water partition coefficient (Wildman–Crippen LogP) is 0.845. The van der Waals surface area contributed by atoms with Crippen LogP contribution < -0.4 is 5.32 Å². The number of nitrogens with zero attached hydrogens (tertiary/aromatic N) is 1. The van der Waals surface area contributed by atoms with E-state index in [0.717, 1.165) is 6.42 Å². The average Bonchev–Trinajstić information content (AvgIpc) is 2.73. The van der Waals surface area contributed by atoms with Crippen molar-refractivity contribution in [3.63, 3.8) is 0 Å². The highest BCUT2D eigenvalue weighted by Gasteiger charge is 2.32. The minimum absolute atomic E-state index is 0.0252. The zero-order valence-electron chi connectivity index (χ0n) is 12.7. The second-order valence-electron chi connectivity index (χ2n) is 5.95. The third kappa shape index (κ3) is 4.83. The Balaban J connectivity index is 2.60. The molecule has 0 unspecified atom stereocenters. The van der Waals surface area contributed by atoms with Crippen LogP contribution in [0.25, 0.3) is 0 Å². The Morgan fingerprint density at radius 2 is 2.05 bits per heavy atom. The first-order valence-electron chi connectivity index (χ1n) is 6.97. The minimum Gasteiger partial charge on any atom is -0.460 e. The summed E-state index contributed by atoms with van der Waals surface area (Å²) in [6.07, 6.45) is 1.65. The van der Waals surface area contributed by atoms with E-state index in [0.29, 0.717) is 19.4 Å². The van der Waals surface area contributed by atoms with Crippen LogP contribution in [0.15, 0.2) is 0 Å². The summed E-state index contributed by atoms with van der Waals surface area (Å²) in [6, 6.07) is -0.581. The van der Waals surface area contributed by atoms with Gasteiger partial charge in [0.25, 0.3) is 0 Å². The SMILES string of the molecule is CNC(=O)[C@@H](CCC(=O)OC(C)(C)C)N1CCCC1=O. The van der Waals surface area contributed by atoms with Crippen LogP contribution in [0.1, 0.15) is 46.5 Å². The fourth-order valence-electron chi connectivity index (χ4n) is 2.24. The normalized spacial score (nSPS) is 17.0. The topological polar surface area (TPSA) is 75.7 Å². The van der Waals surface area contributed by atoms with E-state index in [1.54, 1.807) is 25.7 Å². The van der Waals surface area contributed by atoms with Crippen molar-refractivity contribution in [1.29, 1.82) is 0 Å². The summed E-state index contributed by atoms with van der Waals surface area (Å²) < 4.78 is 5.22. The van der Waals surface area contributed by atoms with Gasteiger partial charge in [-0.15, -0.1) is 0 Å². The van der Waals surface area contributed by atoms with Crippen LogP contribution in [-0.2, 0) is 19.1 Å². The van der Waals surface area contributed by atoms with Crippen molar-refractivity contribution < 1.29 is 19.1 Å². The van der Waals surface area contributed by atoms with Crippen LogP contribution in [0.2, 0.25) is 0 Å². The number of nitrogens with one attached hydrogen (secondary N) is 1. The largest absolute Gasteiger partial charge is 0.460 e. The Bertz CT molecular complexity index is 387. The van der Waals surface area contributed by atoms with Crippen LogP contribution in [0.4, 0.5) is 0 Å². The molecule has 1 aliphatic heterocycles. The summed E-state index contributed by atoms with van der Waals surface area (Å²) in [5.41, 5.74) is -0.539. The smallest absolute Gasteiger partial charge is 0.306 e. The van der Waals surface area contributed by atoms with E-state index < -0.39 is 11.6 Å². The molecule has 0 aromatic carbocycles. The van der Waals surface area contributed by atoms with Crippen molar-refractivity contribution in [2.45, 2.75) is 58.1 Å². The molecule has 114 valence electrons. The number of rotatable bonds is 5. The van der Waals surface area contributed by atoms with Gasteiger partial charge in [0.15, 0.2) is 0 Å². The molecule has 1 fully saturated rings. The van der Waals surface area contributed by atoms with Gasteiger partial charge in [0.2, 0.25) is 11.8 Å². The molecule has 1 N–H and O–H groups in total. The number of hydrogen-bond acceptors (Lipinski definition) is 4. The van der Waals surface area contributed by atoms with Crippen LogP contribution >= 0.6 is 0 Å². The molecule has 1 saturated heterocycles. The summed E-state index contributed by atoms with van der Waals surface area (Å²) in [5.74, 6) is -0.607. The molecule has 0 aromatic heterocycles. The van der Waals surface area contributed by atoms with Crippen molar-refractivity contribution in [2.75, 3.05) is 13.6 Å². The Hall–Kier alpha value is -1.59. The lowest BCUT2D eigenvalue weighted by molar-refractivity contribution is -0.155. The Kier molecular flexibility index (Phi) is 5.53. The number of hydrogen-bond donors (Lipinski definition) is 1. The molecule has 20 heavy (non-hydrogen) atoms. The van der Waals surface area contributed by atoms with Crippen LogP contribution in [0.3, 0.4) is 0 Å². The zero-order chi connectivity index (χ0) is 15.3. The Morgan fingerprint density at radius 1 is 1.40 bits per heavy atom. The summed E-state index contributed by atoms with van der Waals surface area (Å²) in [7, 11) is 1.53. The van der Waals surface area contributed by atoms with Gasteiger partial charge in [-0.3, -0.25) is 14.4 Å². The summed E-state index contributed by atoms with van der Waals surface area (Å²) in [4.78, 5) is 36.9. The summed E-state index contributed by atoms with van der Waals surface area (Å²) in [6.45, 7) is 5.96. The van der Waals surface area contributed by atoms with Gasteiger partial charge in [-0.05, 0) is 33.6 Å². The second kappa shape index (κ2) is 6.72. The fourth-order valence-corrected chi connectivity index (χ4v) is 2.24. The zero-order valence-corrected chi connectivity index (χ0v) is 12.7. The molecular formula is C14H24N2O4. The molecule has 1 aliphatic rings. The van der Waals surface area contributed by atoms with Gasteiger partial charge in [0, 0.05) is 26.4 Å². The predicted molar refractivity (Wildman–Crippen MR) is 73.9 cm³/mol. The molecule has 0 aromatic rings. The number of likely N-dealkylation sites (tertiary alicyclic amines) is 1. The molecular weight excluding hydrogens is 260 g/mol. The average molecular weight is 284 g/mol. The summed E-state index contributed by atoms with van der Waals surface area (Å²) >= 11 is 0. The van der Waals surface area contributed by atoms with Gasteiger partial charge in [-0.1, -0.05) is 0 Å². The van der Waals surface area contributed by atoms with Crippen molar-refractivity contribution in [3.05, 3.63) is 0 Å². The van der Waals surface area contributed by atoms with Gasteiger partial charge >= 0.3 is 5.97 Å². The Labute approximate surface area is 119 Å². The maximum Gasteiger partial charge on any atom is 0.306 e. The lowest BCUT2D eigenvalue weighted by Crippen LogP contribution is -2.46. The van der Waals surface area contributed by atoms with Crippen molar-refractivity contribution in [1.82, 2.24) is 10.2 Å². The lowest BCUT2D eigenvalue weighted by atomic mass is 10.1. The second-order valence-corrected chi connectivity index (χ2v) is 5.95. The van der Waals surface area contributed by atoms with Crippen molar-refractivity contribution in [3.8, 4) is 0 Å². The molecule has 1 rings (SSSR count). The molecule has 6 nitrogen and oxygen atoms in total. The summed E-state index contributed by atoms with van der Waals surface area (Å²) in [5, 5.41) is 2.55. The quantitative estimate of drug-likeness (QED) is 0.759. The van der Waals surface area contributed by atoms with Gasteiger partial charge < -0.3 is 15.0 Å². The molecule has 1 atom stereocenters. The maximum atomic E-state index is 11.9. The first-order valence-corrected chi connectivity index (χ1v) is 6.97. The van der Waals surface area contributed by atoms with Crippen molar-refractivity contribution in [2.24, 2.45) is 0 Å². The number of amides is 2. The Morgan fingerprint density at radius 3 is 2.50 bits per heavy atom. The van der Waals surface area contributed by atoms with E-state index in [4.69, 9.17) is 4.74 Å². The molecule has 0 bridgehead atoms. The monoisotopic (exact) mass is 284 g/mol. The minimum atomic E-state index is -0.581. The molecule has 6 heteroatoms. The van der Waals surface area contributed by atoms with Gasteiger partial charge in [-0.2, -0.15) is 0 Å². The molecule has 0 saturated carbocycles. The third-order valence-electron chi connectivity index (χ3n) is 3.08. The van der Waals surface area contributed by atoms with Gasteiger partial charge in [0.05, 0.1) is 0 Å². The van der Waals surface area contributed by atoms with E-state index in [9.17, 15) is 14.4 Å². The first kappa shape index (κ1) is 16.5. The van der Waals surface area contributed by atoms with E-state index in [2.05, 4.69) is 5.32 Å². The number of carbonyl (C=O) groups excluding carboxylic acids is 3. The first-order chi connectivity index (χ1) is 9.24. The standard InChI is InChI=1S/C14H24N2O4/c1-14(2,3)20-12(18)8-7-10(13(19)15-4)16-9-5-6-11(16)17/h10H,5-9H2,1-4H3,(H,15,19)/t10-/m1/s1. The highest BCUT2D eigenvalue weighted by Crippen LogP contribution is 2.18. The molecule has 0 spiro atoms. The van der Waals surface area contributed by atoms with E-state index in [-0.39, 0.29) is 24.2 Å². The van der Waals surface area contributed by atoms with E-state index in [1.807, 2.05) is 0 Å². The van der Waals surface area contributed by atoms with Crippen molar-refractivity contribution >= 4 is 17.8 Å². The number of likely N-dealkylation sites (N-methyl/N-ethyl adjacent to an activating group) is 1. The molecule has 0 aliphatic carbocycles. The van der Waals surface area contributed by atoms with Crippen LogP contribution in [0, 0.1) is 0 Å².